The summed E-state index contributed by atoms with van der Waals surface area (Å²) in [5.74, 6) is 0.0473. The Hall–Kier alpha value is -3.28. The molecule has 6 nitrogen and oxygen atoms in total. The molecule has 2 aliphatic rings. The van der Waals surface area contributed by atoms with E-state index in [0.717, 1.165) is 11.1 Å². The van der Waals surface area contributed by atoms with Crippen LogP contribution in [0.4, 0.5) is 4.79 Å². The first-order chi connectivity index (χ1) is 12.1. The fourth-order valence-electron chi connectivity index (χ4n) is 3.28. The Bertz CT molecular complexity index is 859. The van der Waals surface area contributed by atoms with Gasteiger partial charge in [0.25, 0.3) is 5.91 Å². The number of rotatable bonds is 3. The molecule has 6 heteroatoms. The van der Waals surface area contributed by atoms with E-state index in [1.807, 2.05) is 30.3 Å². The first-order valence-electron chi connectivity index (χ1n) is 8.04. The Labute approximate surface area is 144 Å². The number of aromatic hydroxyl groups is 1. The van der Waals surface area contributed by atoms with E-state index >= 15 is 0 Å². The van der Waals surface area contributed by atoms with Crippen LogP contribution in [0.3, 0.4) is 0 Å². The number of hydrogen-bond acceptors (Lipinski definition) is 3. The summed E-state index contributed by atoms with van der Waals surface area (Å²) in [4.78, 5) is 26.6. The maximum absolute atomic E-state index is 12.9. The van der Waals surface area contributed by atoms with E-state index in [2.05, 4.69) is 10.6 Å². The summed E-state index contributed by atoms with van der Waals surface area (Å²) in [6.07, 6.45) is 0. The highest BCUT2D eigenvalue weighted by atomic mass is 16.3. The molecule has 0 radical (unpaired) electrons. The second kappa shape index (κ2) is 5.98. The summed E-state index contributed by atoms with van der Waals surface area (Å²) >= 11 is 0. The number of amides is 3. The molecule has 2 aromatic rings. The SMILES string of the molecule is O=C1NC2=C(C(=O)N(Cc3ccccc3)C2)[C@H](c2ccc(O)cc2)N1. The lowest BCUT2D eigenvalue weighted by molar-refractivity contribution is -0.126. The smallest absolute Gasteiger partial charge is 0.319 e. The van der Waals surface area contributed by atoms with E-state index in [9.17, 15) is 14.7 Å². The van der Waals surface area contributed by atoms with Gasteiger partial charge in [-0.3, -0.25) is 4.79 Å². The molecular formula is C19H17N3O3. The van der Waals surface area contributed by atoms with Gasteiger partial charge in [-0.05, 0) is 23.3 Å². The van der Waals surface area contributed by atoms with Crippen LogP contribution in [-0.4, -0.2) is 28.5 Å². The van der Waals surface area contributed by atoms with Crippen LogP contribution in [0, 0.1) is 0 Å². The van der Waals surface area contributed by atoms with Crippen molar-refractivity contribution in [3.05, 3.63) is 77.0 Å². The van der Waals surface area contributed by atoms with E-state index < -0.39 is 6.04 Å². The first-order valence-corrected chi connectivity index (χ1v) is 8.04. The summed E-state index contributed by atoms with van der Waals surface area (Å²) in [5, 5.41) is 15.0. The van der Waals surface area contributed by atoms with Crippen molar-refractivity contribution in [1.82, 2.24) is 15.5 Å². The Morgan fingerprint density at radius 3 is 2.48 bits per heavy atom. The number of carbonyl (C=O) groups excluding carboxylic acids is 2. The van der Waals surface area contributed by atoms with Crippen LogP contribution in [0.2, 0.25) is 0 Å². The van der Waals surface area contributed by atoms with Crippen LogP contribution in [0.5, 0.6) is 5.75 Å². The van der Waals surface area contributed by atoms with Crippen LogP contribution in [0.1, 0.15) is 17.2 Å². The third-order valence-electron chi connectivity index (χ3n) is 4.46. The normalized spacial score (nSPS) is 19.5. The van der Waals surface area contributed by atoms with Crippen LogP contribution in [0.15, 0.2) is 65.9 Å². The molecule has 2 aromatic carbocycles. The number of benzene rings is 2. The Morgan fingerprint density at radius 2 is 1.76 bits per heavy atom. The average Bonchev–Trinajstić information content (AvgIpc) is 2.91. The highest BCUT2D eigenvalue weighted by Crippen LogP contribution is 2.33. The van der Waals surface area contributed by atoms with E-state index in [1.165, 1.54) is 0 Å². The lowest BCUT2D eigenvalue weighted by atomic mass is 9.96. The van der Waals surface area contributed by atoms with Gasteiger partial charge < -0.3 is 20.6 Å². The number of carbonyl (C=O) groups is 2. The zero-order valence-corrected chi connectivity index (χ0v) is 13.4. The summed E-state index contributed by atoms with van der Waals surface area (Å²) in [5.41, 5.74) is 3.00. The minimum absolute atomic E-state index is 0.0931. The molecule has 126 valence electrons. The molecular weight excluding hydrogens is 318 g/mol. The predicted octanol–water partition coefficient (Wildman–Crippen LogP) is 2.04. The van der Waals surface area contributed by atoms with E-state index in [4.69, 9.17) is 0 Å². The van der Waals surface area contributed by atoms with Crippen molar-refractivity contribution >= 4 is 11.9 Å². The zero-order valence-electron chi connectivity index (χ0n) is 13.4. The van der Waals surface area contributed by atoms with Crippen molar-refractivity contribution < 1.29 is 14.7 Å². The number of urea groups is 1. The lowest BCUT2D eigenvalue weighted by Crippen LogP contribution is -2.44. The van der Waals surface area contributed by atoms with Crippen LogP contribution >= 0.6 is 0 Å². The maximum Gasteiger partial charge on any atom is 0.319 e. The van der Waals surface area contributed by atoms with Crippen LogP contribution < -0.4 is 10.6 Å². The highest BCUT2D eigenvalue weighted by Gasteiger charge is 2.40. The molecule has 0 fully saturated rings. The molecule has 25 heavy (non-hydrogen) atoms. The fourth-order valence-corrected chi connectivity index (χ4v) is 3.28. The molecule has 1 atom stereocenters. The molecule has 0 unspecified atom stereocenters. The van der Waals surface area contributed by atoms with Gasteiger partial charge in [0.1, 0.15) is 5.75 Å². The van der Waals surface area contributed by atoms with E-state index in [1.54, 1.807) is 29.2 Å². The summed E-state index contributed by atoms with van der Waals surface area (Å²) in [6, 6.07) is 15.4. The predicted molar refractivity (Wildman–Crippen MR) is 91.4 cm³/mol. The lowest BCUT2D eigenvalue weighted by Gasteiger charge is -2.25. The van der Waals surface area contributed by atoms with Gasteiger partial charge in [-0.1, -0.05) is 42.5 Å². The molecule has 0 bridgehead atoms. The number of nitrogens with one attached hydrogen (secondary N) is 2. The van der Waals surface area contributed by atoms with Crippen molar-refractivity contribution in [2.75, 3.05) is 6.54 Å². The second-order valence-electron chi connectivity index (χ2n) is 6.16. The van der Waals surface area contributed by atoms with Gasteiger partial charge in [-0.25, -0.2) is 4.79 Å². The van der Waals surface area contributed by atoms with E-state index in [0.29, 0.717) is 24.4 Å². The van der Waals surface area contributed by atoms with Gasteiger partial charge in [-0.15, -0.1) is 0 Å². The Morgan fingerprint density at radius 1 is 1.04 bits per heavy atom. The standard InChI is InChI=1S/C19H17N3O3/c23-14-8-6-13(7-9-14)17-16-15(20-19(25)21-17)11-22(18(16)24)10-12-4-2-1-3-5-12/h1-9,17,23H,10-11H2,(H2,20,21,25)/t17-/m0/s1. The highest BCUT2D eigenvalue weighted by molar-refractivity contribution is 6.01. The van der Waals surface area contributed by atoms with Crippen molar-refractivity contribution in [3.8, 4) is 5.75 Å². The quantitative estimate of drug-likeness (QED) is 0.803. The summed E-state index contributed by atoms with van der Waals surface area (Å²) in [6.45, 7) is 0.871. The molecule has 4 rings (SSSR count). The minimum atomic E-state index is -0.516. The third-order valence-corrected chi connectivity index (χ3v) is 4.46. The number of phenols is 1. The van der Waals surface area contributed by atoms with Crippen molar-refractivity contribution in [2.24, 2.45) is 0 Å². The molecule has 0 saturated carbocycles. The summed E-state index contributed by atoms with van der Waals surface area (Å²) in [7, 11) is 0. The summed E-state index contributed by atoms with van der Waals surface area (Å²) < 4.78 is 0. The first kappa shape index (κ1) is 15.3. The van der Waals surface area contributed by atoms with E-state index in [-0.39, 0.29) is 17.7 Å². The van der Waals surface area contributed by atoms with Gasteiger partial charge in [0.2, 0.25) is 0 Å². The molecule has 0 aliphatic carbocycles. The third kappa shape index (κ3) is 2.82. The fraction of sp³-hybridized carbons (Fsp3) is 0.158. The maximum atomic E-state index is 12.9. The largest absolute Gasteiger partial charge is 0.508 e. The second-order valence-corrected chi connectivity index (χ2v) is 6.16. The molecule has 3 amide bonds. The Kier molecular flexibility index (Phi) is 3.65. The zero-order chi connectivity index (χ0) is 17.4. The van der Waals surface area contributed by atoms with Crippen molar-refractivity contribution in [2.45, 2.75) is 12.6 Å². The van der Waals surface area contributed by atoms with Crippen molar-refractivity contribution in [3.63, 3.8) is 0 Å². The van der Waals surface area contributed by atoms with Crippen LogP contribution in [-0.2, 0) is 11.3 Å². The van der Waals surface area contributed by atoms with Gasteiger partial charge >= 0.3 is 6.03 Å². The Balaban J connectivity index is 1.63. The van der Waals surface area contributed by atoms with Gasteiger partial charge in [0.05, 0.1) is 23.9 Å². The van der Waals surface area contributed by atoms with Gasteiger partial charge in [0.15, 0.2) is 0 Å². The van der Waals surface area contributed by atoms with Crippen LogP contribution in [0.25, 0.3) is 0 Å². The molecule has 2 heterocycles. The van der Waals surface area contributed by atoms with Gasteiger partial charge in [0, 0.05) is 6.54 Å². The molecule has 0 spiro atoms. The molecule has 0 saturated heterocycles. The molecule has 2 aliphatic heterocycles. The number of nitrogens with zero attached hydrogens (tertiary/aromatic N) is 1. The van der Waals surface area contributed by atoms with Crippen molar-refractivity contribution in [1.29, 1.82) is 0 Å². The topological polar surface area (TPSA) is 81.7 Å². The minimum Gasteiger partial charge on any atom is -0.508 e. The average molecular weight is 335 g/mol. The molecule has 3 N–H and O–H groups in total. The number of phenolic OH excluding ortho intramolecular Hbond substituents is 1. The monoisotopic (exact) mass is 335 g/mol. The van der Waals surface area contributed by atoms with Gasteiger partial charge in [-0.2, -0.15) is 0 Å². The molecule has 0 aromatic heterocycles. The number of hydrogen-bond donors (Lipinski definition) is 3.